The first-order valence-corrected chi connectivity index (χ1v) is 6.85. The molecule has 0 aliphatic carbocycles. The van der Waals surface area contributed by atoms with E-state index in [1.165, 1.54) is 19.3 Å². The zero-order chi connectivity index (χ0) is 13.1. The summed E-state index contributed by atoms with van der Waals surface area (Å²) in [6, 6.07) is 0.331. The molecule has 0 saturated carbocycles. The van der Waals surface area contributed by atoms with Crippen LogP contribution in [0.4, 0.5) is 11.9 Å². The van der Waals surface area contributed by atoms with Crippen molar-refractivity contribution < 1.29 is 0 Å². The van der Waals surface area contributed by atoms with Crippen LogP contribution in [0.15, 0.2) is 0 Å². The maximum atomic E-state index is 6.00. The summed E-state index contributed by atoms with van der Waals surface area (Å²) >= 11 is 6.00. The molecule has 1 fully saturated rings. The molecule has 1 saturated heterocycles. The lowest BCUT2D eigenvalue weighted by Crippen LogP contribution is -2.33. The molecule has 1 aliphatic heterocycles. The Morgan fingerprint density at radius 2 is 1.78 bits per heavy atom. The van der Waals surface area contributed by atoms with E-state index < -0.39 is 0 Å². The smallest absolute Gasteiger partial charge is 0.231 e. The molecule has 5 nitrogen and oxygen atoms in total. The quantitative estimate of drug-likeness (QED) is 0.843. The van der Waals surface area contributed by atoms with E-state index in [1.54, 1.807) is 0 Å². The number of anilines is 2. The lowest BCUT2D eigenvalue weighted by molar-refractivity contribution is 0.566. The lowest BCUT2D eigenvalue weighted by Gasteiger charge is -2.28. The van der Waals surface area contributed by atoms with Gasteiger partial charge in [-0.05, 0) is 44.7 Å². The van der Waals surface area contributed by atoms with E-state index in [9.17, 15) is 0 Å². The highest BCUT2D eigenvalue weighted by Gasteiger charge is 2.17. The van der Waals surface area contributed by atoms with E-state index in [0.717, 1.165) is 13.1 Å². The summed E-state index contributed by atoms with van der Waals surface area (Å²) in [5.74, 6) is 1.35. The van der Waals surface area contributed by atoms with Crippen molar-refractivity contribution in [1.82, 2.24) is 15.0 Å². The predicted octanol–water partition coefficient (Wildman–Crippen LogP) is 2.36. The van der Waals surface area contributed by atoms with E-state index in [0.29, 0.717) is 17.9 Å². The molecule has 2 rings (SSSR count). The predicted molar refractivity (Wildman–Crippen MR) is 74.4 cm³/mol. The second-order valence-electron chi connectivity index (χ2n) is 4.96. The van der Waals surface area contributed by atoms with Crippen molar-refractivity contribution in [3.8, 4) is 0 Å². The Labute approximate surface area is 113 Å². The Hall–Kier alpha value is -1.10. The molecule has 0 radical (unpaired) electrons. The van der Waals surface area contributed by atoms with Gasteiger partial charge in [-0.3, -0.25) is 0 Å². The number of hydrogen-bond acceptors (Lipinski definition) is 5. The third-order valence-electron chi connectivity index (χ3n) is 3.31. The summed E-state index contributed by atoms with van der Waals surface area (Å²) in [6.45, 7) is 6.20. The summed E-state index contributed by atoms with van der Waals surface area (Å²) in [5, 5.41) is 0.271. The van der Waals surface area contributed by atoms with E-state index in [2.05, 4.69) is 33.7 Å². The van der Waals surface area contributed by atoms with Gasteiger partial charge in [0.2, 0.25) is 17.2 Å². The SMILES string of the molecule is CC(C)N(C)c1nc(Cl)nc(N2CCCCC2)n1. The van der Waals surface area contributed by atoms with Crippen molar-refractivity contribution in [3.05, 3.63) is 5.28 Å². The van der Waals surface area contributed by atoms with Gasteiger partial charge in [-0.1, -0.05) is 0 Å². The number of rotatable bonds is 3. The van der Waals surface area contributed by atoms with Crippen LogP contribution in [-0.4, -0.2) is 41.1 Å². The van der Waals surface area contributed by atoms with Gasteiger partial charge in [0.25, 0.3) is 0 Å². The highest BCUT2D eigenvalue weighted by atomic mass is 35.5. The summed E-state index contributed by atoms with van der Waals surface area (Å²) < 4.78 is 0. The minimum atomic E-state index is 0.271. The topological polar surface area (TPSA) is 45.2 Å². The van der Waals surface area contributed by atoms with Crippen LogP contribution >= 0.6 is 11.6 Å². The normalized spacial score (nSPS) is 16.2. The van der Waals surface area contributed by atoms with Crippen LogP contribution in [0, 0.1) is 0 Å². The molecule has 0 amide bonds. The molecule has 2 heterocycles. The van der Waals surface area contributed by atoms with Crippen molar-refractivity contribution in [2.24, 2.45) is 0 Å². The second kappa shape index (κ2) is 5.69. The third-order valence-corrected chi connectivity index (χ3v) is 3.48. The van der Waals surface area contributed by atoms with Crippen molar-refractivity contribution in [2.75, 3.05) is 29.9 Å². The van der Waals surface area contributed by atoms with E-state index in [-0.39, 0.29) is 5.28 Å². The van der Waals surface area contributed by atoms with Crippen LogP contribution in [0.3, 0.4) is 0 Å². The van der Waals surface area contributed by atoms with E-state index in [1.807, 2.05) is 11.9 Å². The second-order valence-corrected chi connectivity index (χ2v) is 5.29. The summed E-state index contributed by atoms with van der Waals surface area (Å²) in [6.07, 6.45) is 3.67. The van der Waals surface area contributed by atoms with Crippen LogP contribution < -0.4 is 9.80 Å². The third kappa shape index (κ3) is 3.02. The van der Waals surface area contributed by atoms with Gasteiger partial charge in [-0.25, -0.2) is 0 Å². The Kier molecular flexibility index (Phi) is 4.22. The maximum Gasteiger partial charge on any atom is 0.231 e. The molecule has 0 aromatic carbocycles. The molecule has 18 heavy (non-hydrogen) atoms. The van der Waals surface area contributed by atoms with Gasteiger partial charge in [0, 0.05) is 26.2 Å². The van der Waals surface area contributed by atoms with Crippen LogP contribution in [0.25, 0.3) is 0 Å². The Balaban J connectivity index is 2.25. The van der Waals surface area contributed by atoms with Crippen molar-refractivity contribution >= 4 is 23.5 Å². The van der Waals surface area contributed by atoms with Gasteiger partial charge < -0.3 is 9.80 Å². The molecule has 0 atom stereocenters. The molecule has 6 heteroatoms. The zero-order valence-electron chi connectivity index (χ0n) is 11.2. The number of halogens is 1. The first kappa shape index (κ1) is 13.3. The minimum absolute atomic E-state index is 0.271. The molecule has 1 aliphatic rings. The molecule has 0 spiro atoms. The van der Waals surface area contributed by atoms with Crippen LogP contribution in [0.1, 0.15) is 33.1 Å². The first-order valence-electron chi connectivity index (χ1n) is 6.47. The van der Waals surface area contributed by atoms with Gasteiger partial charge in [0.1, 0.15) is 0 Å². The van der Waals surface area contributed by atoms with Gasteiger partial charge in [0.15, 0.2) is 0 Å². The first-order chi connectivity index (χ1) is 8.58. The number of piperidine rings is 1. The fourth-order valence-corrected chi connectivity index (χ4v) is 2.10. The molecule has 1 aromatic rings. The zero-order valence-corrected chi connectivity index (χ0v) is 12.0. The highest BCUT2D eigenvalue weighted by Crippen LogP contribution is 2.20. The van der Waals surface area contributed by atoms with Crippen molar-refractivity contribution in [2.45, 2.75) is 39.2 Å². The fraction of sp³-hybridized carbons (Fsp3) is 0.750. The summed E-state index contributed by atoms with van der Waals surface area (Å²) in [4.78, 5) is 17.1. The van der Waals surface area contributed by atoms with E-state index >= 15 is 0 Å². The number of aromatic nitrogens is 3. The molecule has 1 aromatic heterocycles. The molecular formula is C12H20ClN5. The average Bonchev–Trinajstić information content (AvgIpc) is 2.38. The molecule has 0 unspecified atom stereocenters. The standard InChI is InChI=1S/C12H20ClN5/c1-9(2)17(3)11-14-10(13)15-12(16-11)18-7-5-4-6-8-18/h9H,4-8H2,1-3H3. The number of hydrogen-bond donors (Lipinski definition) is 0. The maximum absolute atomic E-state index is 6.00. The Morgan fingerprint density at radius 1 is 1.11 bits per heavy atom. The molecular weight excluding hydrogens is 250 g/mol. The summed E-state index contributed by atoms with van der Waals surface area (Å²) in [5.41, 5.74) is 0. The van der Waals surface area contributed by atoms with Gasteiger partial charge in [0.05, 0.1) is 0 Å². The average molecular weight is 270 g/mol. The Bertz CT molecular complexity index is 403. The number of nitrogens with zero attached hydrogens (tertiary/aromatic N) is 5. The molecule has 100 valence electrons. The van der Waals surface area contributed by atoms with Crippen LogP contribution in [-0.2, 0) is 0 Å². The molecule has 0 N–H and O–H groups in total. The minimum Gasteiger partial charge on any atom is -0.341 e. The summed E-state index contributed by atoms with van der Waals surface area (Å²) in [7, 11) is 1.97. The fourth-order valence-electron chi connectivity index (χ4n) is 1.95. The lowest BCUT2D eigenvalue weighted by atomic mass is 10.1. The largest absolute Gasteiger partial charge is 0.341 e. The van der Waals surface area contributed by atoms with Gasteiger partial charge >= 0.3 is 0 Å². The van der Waals surface area contributed by atoms with Crippen molar-refractivity contribution in [3.63, 3.8) is 0 Å². The van der Waals surface area contributed by atoms with Crippen LogP contribution in [0.5, 0.6) is 0 Å². The highest BCUT2D eigenvalue weighted by molar-refractivity contribution is 6.28. The molecule has 0 bridgehead atoms. The van der Waals surface area contributed by atoms with Gasteiger partial charge in [-0.15, -0.1) is 0 Å². The van der Waals surface area contributed by atoms with Crippen molar-refractivity contribution in [1.29, 1.82) is 0 Å². The van der Waals surface area contributed by atoms with Gasteiger partial charge in [-0.2, -0.15) is 15.0 Å². The van der Waals surface area contributed by atoms with E-state index in [4.69, 9.17) is 11.6 Å². The van der Waals surface area contributed by atoms with Crippen LogP contribution in [0.2, 0.25) is 5.28 Å². The Morgan fingerprint density at radius 3 is 2.39 bits per heavy atom. The monoisotopic (exact) mass is 269 g/mol.